The molecule has 0 aliphatic carbocycles. The molecule has 2 fully saturated rings. The van der Waals surface area contributed by atoms with Crippen LogP contribution in [0.4, 0.5) is 0 Å². The molecule has 0 aromatic rings. The van der Waals surface area contributed by atoms with Gasteiger partial charge in [-0.15, -0.1) is 0 Å². The highest BCUT2D eigenvalue weighted by atomic mass is 16.5. The van der Waals surface area contributed by atoms with Gasteiger partial charge in [-0.2, -0.15) is 0 Å². The lowest BCUT2D eigenvalue weighted by molar-refractivity contribution is -0.135. The summed E-state index contributed by atoms with van der Waals surface area (Å²) in [6, 6.07) is 0. The summed E-state index contributed by atoms with van der Waals surface area (Å²) in [6.07, 6.45) is 0.998. The van der Waals surface area contributed by atoms with Crippen molar-refractivity contribution >= 4 is 11.8 Å². The van der Waals surface area contributed by atoms with Gasteiger partial charge in [0, 0.05) is 65.2 Å². The molecule has 0 aromatic carbocycles. The highest BCUT2D eigenvalue weighted by molar-refractivity contribution is 5.77. The second kappa shape index (κ2) is 11.5. The van der Waals surface area contributed by atoms with Crippen molar-refractivity contribution in [2.75, 3.05) is 92.9 Å². The van der Waals surface area contributed by atoms with Crippen LogP contribution < -0.4 is 0 Å². The molecule has 0 N–H and O–H groups in total. The Hall–Kier alpha value is -1.22. The molecule has 0 saturated carbocycles. The maximum atomic E-state index is 12.4. The SMILES string of the molecule is CN(C)CCN(CCC(=O)N1CCOCC1)CCC(=O)N1CCOCC1. The quantitative estimate of drug-likeness (QED) is 0.537. The molecule has 0 atom stereocenters. The van der Waals surface area contributed by atoms with Crippen LogP contribution in [0, 0.1) is 0 Å². The Bertz CT molecular complexity index is 401. The van der Waals surface area contributed by atoms with E-state index in [9.17, 15) is 9.59 Å². The molecule has 150 valence electrons. The van der Waals surface area contributed by atoms with Crippen LogP contribution in [0.25, 0.3) is 0 Å². The number of morpholine rings is 2. The number of hydrogen-bond donors (Lipinski definition) is 0. The smallest absolute Gasteiger partial charge is 0.224 e. The molecule has 0 aromatic heterocycles. The molecule has 0 radical (unpaired) electrons. The first kappa shape index (κ1) is 21.1. The van der Waals surface area contributed by atoms with E-state index in [0.717, 1.165) is 13.1 Å². The van der Waals surface area contributed by atoms with Crippen molar-refractivity contribution < 1.29 is 19.1 Å². The lowest BCUT2D eigenvalue weighted by atomic mass is 10.2. The molecule has 8 heteroatoms. The van der Waals surface area contributed by atoms with Gasteiger partial charge in [0.2, 0.25) is 11.8 Å². The van der Waals surface area contributed by atoms with Gasteiger partial charge in [0.15, 0.2) is 0 Å². The van der Waals surface area contributed by atoms with Crippen LogP contribution in [0.1, 0.15) is 12.8 Å². The van der Waals surface area contributed by atoms with Gasteiger partial charge in [0.05, 0.1) is 26.4 Å². The normalized spacial score (nSPS) is 18.6. The largest absolute Gasteiger partial charge is 0.378 e. The number of nitrogens with zero attached hydrogens (tertiary/aromatic N) is 4. The van der Waals surface area contributed by atoms with Crippen molar-refractivity contribution in [3.05, 3.63) is 0 Å². The molecule has 2 saturated heterocycles. The Morgan fingerprint density at radius 1 is 0.731 bits per heavy atom. The summed E-state index contributed by atoms with van der Waals surface area (Å²) in [6.45, 7) is 8.43. The summed E-state index contributed by atoms with van der Waals surface area (Å²) in [5, 5.41) is 0. The van der Waals surface area contributed by atoms with E-state index in [4.69, 9.17) is 9.47 Å². The number of rotatable bonds is 9. The lowest BCUT2D eigenvalue weighted by Gasteiger charge is -2.30. The van der Waals surface area contributed by atoms with Gasteiger partial charge in [-0.1, -0.05) is 0 Å². The molecular weight excluding hydrogens is 336 g/mol. The molecule has 2 rings (SSSR count). The van der Waals surface area contributed by atoms with E-state index >= 15 is 0 Å². The molecule has 2 heterocycles. The molecule has 2 amide bonds. The van der Waals surface area contributed by atoms with Gasteiger partial charge in [-0.25, -0.2) is 0 Å². The summed E-state index contributed by atoms with van der Waals surface area (Å²) in [5.41, 5.74) is 0. The van der Waals surface area contributed by atoms with Gasteiger partial charge in [-0.05, 0) is 14.1 Å². The molecular formula is C18H34N4O4. The van der Waals surface area contributed by atoms with Crippen LogP contribution in [-0.2, 0) is 19.1 Å². The van der Waals surface area contributed by atoms with Crippen LogP contribution in [-0.4, -0.2) is 124 Å². The van der Waals surface area contributed by atoms with Crippen molar-refractivity contribution in [2.24, 2.45) is 0 Å². The van der Waals surface area contributed by atoms with Gasteiger partial charge < -0.3 is 29.1 Å². The average Bonchev–Trinajstić information content (AvgIpc) is 2.68. The molecule has 2 aliphatic heterocycles. The average molecular weight is 370 g/mol. The molecule has 2 aliphatic rings. The van der Waals surface area contributed by atoms with Crippen LogP contribution in [0.3, 0.4) is 0 Å². The number of carbonyl (C=O) groups excluding carboxylic acids is 2. The highest BCUT2D eigenvalue weighted by Crippen LogP contribution is 2.05. The zero-order valence-electron chi connectivity index (χ0n) is 16.3. The van der Waals surface area contributed by atoms with Gasteiger partial charge in [0.25, 0.3) is 0 Å². The van der Waals surface area contributed by atoms with Crippen LogP contribution in [0.5, 0.6) is 0 Å². The standard InChI is InChI=1S/C18H34N4O4/c1-19(2)7-8-20(5-3-17(23)21-9-13-25-14-10-21)6-4-18(24)22-11-15-26-16-12-22/h3-16H2,1-2H3. The Balaban J connectivity index is 1.76. The van der Waals surface area contributed by atoms with Crippen molar-refractivity contribution in [3.8, 4) is 0 Å². The van der Waals surface area contributed by atoms with Crippen molar-refractivity contribution in [1.82, 2.24) is 19.6 Å². The predicted octanol–water partition coefficient (Wildman–Crippen LogP) is -0.652. The van der Waals surface area contributed by atoms with Crippen molar-refractivity contribution in [1.29, 1.82) is 0 Å². The van der Waals surface area contributed by atoms with E-state index in [-0.39, 0.29) is 11.8 Å². The zero-order valence-corrected chi connectivity index (χ0v) is 16.3. The monoisotopic (exact) mass is 370 g/mol. The van der Waals surface area contributed by atoms with E-state index < -0.39 is 0 Å². The van der Waals surface area contributed by atoms with E-state index in [0.29, 0.717) is 78.5 Å². The minimum Gasteiger partial charge on any atom is -0.378 e. The van der Waals surface area contributed by atoms with Crippen molar-refractivity contribution in [2.45, 2.75) is 12.8 Å². The van der Waals surface area contributed by atoms with Crippen molar-refractivity contribution in [3.63, 3.8) is 0 Å². The minimum atomic E-state index is 0.183. The Morgan fingerprint density at radius 2 is 1.15 bits per heavy atom. The number of likely N-dealkylation sites (N-methyl/N-ethyl adjacent to an activating group) is 1. The fourth-order valence-corrected chi connectivity index (χ4v) is 3.13. The molecule has 8 nitrogen and oxygen atoms in total. The summed E-state index contributed by atoms with van der Waals surface area (Å²) in [4.78, 5) is 32.9. The van der Waals surface area contributed by atoms with Gasteiger partial charge in [-0.3, -0.25) is 9.59 Å². The highest BCUT2D eigenvalue weighted by Gasteiger charge is 2.20. The Morgan fingerprint density at radius 3 is 1.54 bits per heavy atom. The summed E-state index contributed by atoms with van der Waals surface area (Å²) in [5.74, 6) is 0.366. The van der Waals surface area contributed by atoms with E-state index in [1.165, 1.54) is 0 Å². The Kier molecular flexibility index (Phi) is 9.31. The van der Waals surface area contributed by atoms with Crippen LogP contribution in [0.15, 0.2) is 0 Å². The maximum Gasteiger partial charge on any atom is 0.224 e. The molecule has 26 heavy (non-hydrogen) atoms. The first-order chi connectivity index (χ1) is 12.6. The fourth-order valence-electron chi connectivity index (χ4n) is 3.13. The third kappa shape index (κ3) is 7.57. The topological polar surface area (TPSA) is 65.6 Å². The Labute approximate surface area is 157 Å². The molecule has 0 bridgehead atoms. The minimum absolute atomic E-state index is 0.183. The third-order valence-electron chi connectivity index (χ3n) is 4.87. The summed E-state index contributed by atoms with van der Waals surface area (Å²) < 4.78 is 10.6. The van der Waals surface area contributed by atoms with Gasteiger partial charge >= 0.3 is 0 Å². The van der Waals surface area contributed by atoms with Crippen LogP contribution >= 0.6 is 0 Å². The fraction of sp³-hybridized carbons (Fsp3) is 0.889. The summed E-state index contributed by atoms with van der Waals surface area (Å²) in [7, 11) is 4.08. The molecule has 0 unspecified atom stereocenters. The number of carbonyl (C=O) groups is 2. The first-order valence-corrected chi connectivity index (χ1v) is 9.64. The number of ether oxygens (including phenoxy) is 2. The predicted molar refractivity (Wildman–Crippen MR) is 99.0 cm³/mol. The van der Waals surface area contributed by atoms with E-state index in [2.05, 4.69) is 9.80 Å². The maximum absolute atomic E-state index is 12.4. The number of amides is 2. The van der Waals surface area contributed by atoms with Crippen LogP contribution in [0.2, 0.25) is 0 Å². The zero-order chi connectivity index (χ0) is 18.8. The number of hydrogen-bond acceptors (Lipinski definition) is 6. The summed E-state index contributed by atoms with van der Waals surface area (Å²) >= 11 is 0. The lowest BCUT2D eigenvalue weighted by Crippen LogP contribution is -2.44. The second-order valence-electron chi connectivity index (χ2n) is 7.13. The van der Waals surface area contributed by atoms with E-state index in [1.807, 2.05) is 23.9 Å². The van der Waals surface area contributed by atoms with E-state index in [1.54, 1.807) is 0 Å². The second-order valence-corrected chi connectivity index (χ2v) is 7.13. The third-order valence-corrected chi connectivity index (χ3v) is 4.87. The molecule has 0 spiro atoms. The first-order valence-electron chi connectivity index (χ1n) is 9.64. The van der Waals surface area contributed by atoms with Gasteiger partial charge in [0.1, 0.15) is 0 Å².